The van der Waals surface area contributed by atoms with Crippen LogP contribution in [-0.2, 0) is 6.42 Å². The maximum Gasteiger partial charge on any atom is 0.318 e. The van der Waals surface area contributed by atoms with Crippen LogP contribution in [0.4, 0.5) is 9.18 Å². The second-order valence-corrected chi connectivity index (χ2v) is 5.23. The average Bonchev–Trinajstić information content (AvgIpc) is 2.55. The fourth-order valence-corrected chi connectivity index (χ4v) is 2.18. The number of rotatable bonds is 7. The molecule has 2 rings (SSSR count). The third-order valence-corrected chi connectivity index (χ3v) is 3.36. The molecule has 2 aromatic rings. The summed E-state index contributed by atoms with van der Waals surface area (Å²) in [5.41, 5.74) is 2.02. The summed E-state index contributed by atoms with van der Waals surface area (Å²) in [4.78, 5) is 11.6. The maximum atomic E-state index is 13.0. The number of unbranched alkanes of at least 4 members (excludes halogenated alkanes) is 1. The Morgan fingerprint density at radius 2 is 1.87 bits per heavy atom. The minimum absolute atomic E-state index is 0.252. The van der Waals surface area contributed by atoms with Gasteiger partial charge in [0.15, 0.2) is 0 Å². The van der Waals surface area contributed by atoms with Crippen molar-refractivity contribution in [2.45, 2.75) is 19.3 Å². The molecule has 0 aliphatic rings. The summed E-state index contributed by atoms with van der Waals surface area (Å²) in [6.45, 7) is 0.631. The van der Waals surface area contributed by atoms with Crippen LogP contribution in [0.1, 0.15) is 24.0 Å². The van der Waals surface area contributed by atoms with Gasteiger partial charge in [0.05, 0.1) is 0 Å². The van der Waals surface area contributed by atoms with E-state index < -0.39 is 0 Å². The summed E-state index contributed by atoms with van der Waals surface area (Å²) in [5.74, 6) is -0.296. The van der Waals surface area contributed by atoms with Gasteiger partial charge >= 0.3 is 6.03 Å². The zero-order valence-electron chi connectivity index (χ0n) is 13.0. The van der Waals surface area contributed by atoms with E-state index in [-0.39, 0.29) is 11.8 Å². The largest absolute Gasteiger partial charge is 0.338 e. The van der Waals surface area contributed by atoms with Crippen molar-refractivity contribution in [1.29, 1.82) is 0 Å². The molecule has 120 valence electrons. The lowest BCUT2D eigenvalue weighted by Gasteiger charge is -2.05. The summed E-state index contributed by atoms with van der Waals surface area (Å²) < 4.78 is 13.0. The SMILES string of the molecule is O=C(N/C=C/c1cccc(F)c1)NCCCCc1ccccc1. The average molecular weight is 312 g/mol. The van der Waals surface area contributed by atoms with Crippen molar-refractivity contribution in [3.63, 3.8) is 0 Å². The standard InChI is InChI=1S/C19H21FN2O/c20-18-11-6-10-17(15-18)12-14-22-19(23)21-13-5-4-9-16-7-2-1-3-8-16/h1-3,6-8,10-12,14-15H,4-5,9,13H2,(H2,21,22,23)/b14-12+. The number of halogens is 1. The fourth-order valence-electron chi connectivity index (χ4n) is 2.18. The molecule has 0 aromatic heterocycles. The molecule has 4 heteroatoms. The molecule has 3 nitrogen and oxygen atoms in total. The van der Waals surface area contributed by atoms with Gasteiger partial charge in [0.2, 0.25) is 0 Å². The van der Waals surface area contributed by atoms with Gasteiger partial charge in [-0.25, -0.2) is 9.18 Å². The molecular weight excluding hydrogens is 291 g/mol. The molecule has 0 fully saturated rings. The third kappa shape index (κ3) is 6.78. The van der Waals surface area contributed by atoms with Gasteiger partial charge in [-0.3, -0.25) is 0 Å². The molecule has 2 N–H and O–H groups in total. The molecule has 0 radical (unpaired) electrons. The highest BCUT2D eigenvalue weighted by atomic mass is 19.1. The quantitative estimate of drug-likeness (QED) is 0.742. The van der Waals surface area contributed by atoms with Crippen molar-refractivity contribution in [1.82, 2.24) is 10.6 Å². The first-order valence-electron chi connectivity index (χ1n) is 7.74. The van der Waals surface area contributed by atoms with E-state index in [2.05, 4.69) is 22.8 Å². The van der Waals surface area contributed by atoms with Gasteiger partial charge < -0.3 is 10.6 Å². The zero-order chi connectivity index (χ0) is 16.3. The van der Waals surface area contributed by atoms with Crippen LogP contribution in [0.2, 0.25) is 0 Å². The number of carbonyl (C=O) groups excluding carboxylic acids is 1. The maximum absolute atomic E-state index is 13.0. The fraction of sp³-hybridized carbons (Fsp3) is 0.211. The normalized spacial score (nSPS) is 10.7. The van der Waals surface area contributed by atoms with Gasteiger partial charge in [0.25, 0.3) is 0 Å². The highest BCUT2D eigenvalue weighted by molar-refractivity contribution is 5.75. The second kappa shape index (κ2) is 9.41. The Balaban J connectivity index is 1.58. The van der Waals surface area contributed by atoms with E-state index in [4.69, 9.17) is 0 Å². The van der Waals surface area contributed by atoms with Crippen molar-refractivity contribution in [3.8, 4) is 0 Å². The van der Waals surface area contributed by atoms with Crippen LogP contribution in [0.3, 0.4) is 0 Å². The van der Waals surface area contributed by atoms with E-state index in [1.165, 1.54) is 23.9 Å². The Hall–Kier alpha value is -2.62. The van der Waals surface area contributed by atoms with Crippen LogP contribution < -0.4 is 10.6 Å². The molecule has 0 saturated carbocycles. The van der Waals surface area contributed by atoms with E-state index >= 15 is 0 Å². The molecule has 2 amide bonds. The Bertz CT molecular complexity index is 641. The van der Waals surface area contributed by atoms with Crippen LogP contribution in [-0.4, -0.2) is 12.6 Å². The summed E-state index contributed by atoms with van der Waals surface area (Å²) in [6, 6.07) is 16.2. The highest BCUT2D eigenvalue weighted by Crippen LogP contribution is 2.05. The van der Waals surface area contributed by atoms with Crippen LogP contribution in [0.5, 0.6) is 0 Å². The Morgan fingerprint density at radius 1 is 1.04 bits per heavy atom. The number of hydrogen-bond donors (Lipinski definition) is 2. The van der Waals surface area contributed by atoms with Crippen LogP contribution in [0.25, 0.3) is 6.08 Å². The van der Waals surface area contributed by atoms with Crippen molar-refractivity contribution in [2.75, 3.05) is 6.54 Å². The number of aryl methyl sites for hydroxylation is 1. The minimum Gasteiger partial charge on any atom is -0.338 e. The van der Waals surface area contributed by atoms with Gasteiger partial charge in [0, 0.05) is 12.7 Å². The predicted molar refractivity (Wildman–Crippen MR) is 91.3 cm³/mol. The van der Waals surface area contributed by atoms with Gasteiger partial charge in [0.1, 0.15) is 5.82 Å². The zero-order valence-corrected chi connectivity index (χ0v) is 13.0. The number of hydrogen-bond acceptors (Lipinski definition) is 1. The lowest BCUT2D eigenvalue weighted by atomic mass is 10.1. The number of nitrogens with one attached hydrogen (secondary N) is 2. The van der Waals surface area contributed by atoms with E-state index in [1.54, 1.807) is 18.2 Å². The molecule has 0 heterocycles. The Kier molecular flexibility index (Phi) is 6.85. The number of carbonyl (C=O) groups is 1. The van der Waals surface area contributed by atoms with Crippen LogP contribution >= 0.6 is 0 Å². The molecular formula is C19H21FN2O. The van der Waals surface area contributed by atoms with Gasteiger partial charge in [-0.1, -0.05) is 42.5 Å². The van der Waals surface area contributed by atoms with Gasteiger partial charge in [-0.2, -0.15) is 0 Å². The summed E-state index contributed by atoms with van der Waals surface area (Å²) in [6.07, 6.45) is 6.13. The Labute approximate surface area is 136 Å². The van der Waals surface area contributed by atoms with E-state index in [0.29, 0.717) is 12.1 Å². The molecule has 0 spiro atoms. The summed E-state index contributed by atoms with van der Waals surface area (Å²) in [7, 11) is 0. The van der Waals surface area contributed by atoms with E-state index in [0.717, 1.165) is 19.3 Å². The van der Waals surface area contributed by atoms with Crippen molar-refractivity contribution in [3.05, 3.63) is 77.7 Å². The molecule has 2 aromatic carbocycles. The first-order valence-corrected chi connectivity index (χ1v) is 7.74. The van der Waals surface area contributed by atoms with Gasteiger partial charge in [-0.05, 0) is 48.6 Å². The third-order valence-electron chi connectivity index (χ3n) is 3.36. The summed E-state index contributed by atoms with van der Waals surface area (Å²) in [5, 5.41) is 5.40. The molecule has 23 heavy (non-hydrogen) atoms. The van der Waals surface area contributed by atoms with Crippen molar-refractivity contribution >= 4 is 12.1 Å². The van der Waals surface area contributed by atoms with Crippen LogP contribution in [0.15, 0.2) is 60.8 Å². The smallest absolute Gasteiger partial charge is 0.318 e. The van der Waals surface area contributed by atoms with E-state index in [1.807, 2.05) is 18.2 Å². The summed E-state index contributed by atoms with van der Waals surface area (Å²) >= 11 is 0. The number of urea groups is 1. The molecule has 0 aliphatic heterocycles. The first-order chi connectivity index (χ1) is 11.2. The van der Waals surface area contributed by atoms with Crippen molar-refractivity contribution in [2.24, 2.45) is 0 Å². The first kappa shape index (κ1) is 16.7. The van der Waals surface area contributed by atoms with Gasteiger partial charge in [-0.15, -0.1) is 0 Å². The predicted octanol–water partition coefficient (Wildman–Crippen LogP) is 4.12. The van der Waals surface area contributed by atoms with Crippen molar-refractivity contribution < 1.29 is 9.18 Å². The molecule has 0 unspecified atom stereocenters. The monoisotopic (exact) mass is 312 g/mol. The lowest BCUT2D eigenvalue weighted by Crippen LogP contribution is -2.32. The second-order valence-electron chi connectivity index (χ2n) is 5.23. The topological polar surface area (TPSA) is 41.1 Å². The number of amides is 2. The molecule has 0 bridgehead atoms. The lowest BCUT2D eigenvalue weighted by molar-refractivity contribution is 0.244. The van der Waals surface area contributed by atoms with Crippen LogP contribution in [0, 0.1) is 5.82 Å². The number of benzene rings is 2. The molecule has 0 saturated heterocycles. The molecule has 0 aliphatic carbocycles. The Morgan fingerprint density at radius 3 is 2.65 bits per heavy atom. The molecule has 0 atom stereocenters. The van der Waals surface area contributed by atoms with E-state index in [9.17, 15) is 9.18 Å². The highest BCUT2D eigenvalue weighted by Gasteiger charge is 1.97. The minimum atomic E-state index is -0.296.